The van der Waals surface area contributed by atoms with Crippen LogP contribution in [0, 0.1) is 6.92 Å². The number of benzene rings is 1. The third-order valence-corrected chi connectivity index (χ3v) is 3.00. The van der Waals surface area contributed by atoms with Crippen LogP contribution in [0.15, 0.2) is 24.3 Å². The van der Waals surface area contributed by atoms with E-state index in [0.717, 1.165) is 22.2 Å². The van der Waals surface area contributed by atoms with Crippen LogP contribution in [0.5, 0.6) is 0 Å². The molecule has 90 valence electrons. The van der Waals surface area contributed by atoms with Gasteiger partial charge in [0.15, 0.2) is 0 Å². The average Bonchev–Trinajstić information content (AvgIpc) is 2.62. The molecule has 3 N–H and O–H groups in total. The summed E-state index contributed by atoms with van der Waals surface area (Å²) < 4.78 is 0. The molecule has 0 saturated carbocycles. The van der Waals surface area contributed by atoms with E-state index < -0.39 is 11.9 Å². The van der Waals surface area contributed by atoms with Crippen LogP contribution in [0.4, 0.5) is 0 Å². The minimum Gasteiger partial charge on any atom is -0.481 e. The van der Waals surface area contributed by atoms with Gasteiger partial charge in [-0.2, -0.15) is 0 Å². The second kappa shape index (κ2) is 4.59. The summed E-state index contributed by atoms with van der Waals surface area (Å²) in [7, 11) is 1.76. The number of para-hydroxylation sites is 1. The first-order valence-corrected chi connectivity index (χ1v) is 5.59. The number of hydrogen-bond donors (Lipinski definition) is 3. The number of aromatic amines is 1. The Kier molecular flexibility index (Phi) is 3.15. The summed E-state index contributed by atoms with van der Waals surface area (Å²) in [5.74, 6) is -1.32. The van der Waals surface area contributed by atoms with Crippen LogP contribution < -0.4 is 5.32 Å². The summed E-state index contributed by atoms with van der Waals surface area (Å²) in [4.78, 5) is 14.6. The normalized spacial score (nSPS) is 12.8. The fourth-order valence-electron chi connectivity index (χ4n) is 2.26. The monoisotopic (exact) mass is 232 g/mol. The van der Waals surface area contributed by atoms with Crippen LogP contribution in [-0.4, -0.2) is 29.7 Å². The molecule has 1 unspecified atom stereocenters. The van der Waals surface area contributed by atoms with Gasteiger partial charge in [-0.1, -0.05) is 18.2 Å². The fraction of sp³-hybridized carbons (Fsp3) is 0.308. The summed E-state index contributed by atoms with van der Waals surface area (Å²) in [6.07, 6.45) is 0. The Morgan fingerprint density at radius 3 is 2.82 bits per heavy atom. The zero-order valence-corrected chi connectivity index (χ0v) is 9.95. The zero-order valence-electron chi connectivity index (χ0n) is 9.95. The van der Waals surface area contributed by atoms with Gasteiger partial charge in [0.1, 0.15) is 0 Å². The Morgan fingerprint density at radius 2 is 2.18 bits per heavy atom. The predicted octanol–water partition coefficient (Wildman–Crippen LogP) is 1.86. The van der Waals surface area contributed by atoms with Gasteiger partial charge >= 0.3 is 5.97 Å². The molecule has 0 amide bonds. The summed E-state index contributed by atoms with van der Waals surface area (Å²) >= 11 is 0. The van der Waals surface area contributed by atoms with E-state index in [2.05, 4.69) is 10.3 Å². The van der Waals surface area contributed by atoms with Crippen molar-refractivity contribution in [3.8, 4) is 0 Å². The van der Waals surface area contributed by atoms with Crippen LogP contribution in [0.3, 0.4) is 0 Å². The van der Waals surface area contributed by atoms with Gasteiger partial charge in [0.25, 0.3) is 0 Å². The van der Waals surface area contributed by atoms with E-state index in [9.17, 15) is 9.90 Å². The molecule has 0 fully saturated rings. The lowest BCUT2D eigenvalue weighted by molar-refractivity contribution is -0.138. The highest BCUT2D eigenvalue weighted by atomic mass is 16.4. The smallest absolute Gasteiger partial charge is 0.312 e. The van der Waals surface area contributed by atoms with Gasteiger partial charge in [0.2, 0.25) is 0 Å². The number of fused-ring (bicyclic) bond motifs is 1. The lowest BCUT2D eigenvalue weighted by Gasteiger charge is -2.12. The minimum atomic E-state index is -0.799. The number of carbonyl (C=O) groups is 1. The number of rotatable bonds is 4. The second-order valence-electron chi connectivity index (χ2n) is 4.16. The molecule has 0 saturated heterocycles. The van der Waals surface area contributed by atoms with E-state index in [1.165, 1.54) is 0 Å². The Labute approximate surface area is 99.7 Å². The molecule has 1 heterocycles. The average molecular weight is 232 g/mol. The first kappa shape index (κ1) is 11.7. The van der Waals surface area contributed by atoms with Crippen molar-refractivity contribution in [2.24, 2.45) is 0 Å². The molecule has 1 atom stereocenters. The molecule has 17 heavy (non-hydrogen) atoms. The number of carboxylic acids is 1. The van der Waals surface area contributed by atoms with Crippen LogP contribution in [0.2, 0.25) is 0 Å². The minimum absolute atomic E-state index is 0.429. The van der Waals surface area contributed by atoms with Crippen LogP contribution >= 0.6 is 0 Å². The summed E-state index contributed by atoms with van der Waals surface area (Å²) in [6.45, 7) is 2.35. The van der Waals surface area contributed by atoms with Gasteiger partial charge in [-0.15, -0.1) is 0 Å². The number of aryl methyl sites for hydroxylation is 1. The van der Waals surface area contributed by atoms with E-state index in [4.69, 9.17) is 0 Å². The predicted molar refractivity (Wildman–Crippen MR) is 67.3 cm³/mol. The van der Waals surface area contributed by atoms with Crippen LogP contribution in [0.1, 0.15) is 17.2 Å². The summed E-state index contributed by atoms with van der Waals surface area (Å²) in [5.41, 5.74) is 2.79. The molecule has 0 aliphatic carbocycles. The molecule has 0 aliphatic rings. The third-order valence-electron chi connectivity index (χ3n) is 3.00. The Balaban J connectivity index is 2.59. The molecule has 1 aromatic carbocycles. The van der Waals surface area contributed by atoms with Crippen molar-refractivity contribution in [2.75, 3.05) is 13.6 Å². The van der Waals surface area contributed by atoms with E-state index >= 15 is 0 Å². The van der Waals surface area contributed by atoms with E-state index in [1.807, 2.05) is 31.2 Å². The number of likely N-dealkylation sites (N-methyl/N-ethyl adjacent to an activating group) is 1. The Bertz CT molecular complexity index is 545. The van der Waals surface area contributed by atoms with Gasteiger partial charge in [-0.05, 0) is 25.6 Å². The molecular formula is C13H16N2O2. The van der Waals surface area contributed by atoms with Crippen molar-refractivity contribution in [1.82, 2.24) is 10.3 Å². The fourth-order valence-corrected chi connectivity index (χ4v) is 2.26. The number of aromatic nitrogens is 1. The number of carboxylic acid groups (broad SMARTS) is 1. The molecule has 0 spiro atoms. The van der Waals surface area contributed by atoms with Crippen molar-refractivity contribution >= 4 is 16.9 Å². The largest absolute Gasteiger partial charge is 0.481 e. The molecule has 1 aromatic heterocycles. The number of H-pyrrole nitrogens is 1. The number of nitrogens with one attached hydrogen (secondary N) is 2. The van der Waals surface area contributed by atoms with Gasteiger partial charge < -0.3 is 15.4 Å². The maximum atomic E-state index is 11.3. The lowest BCUT2D eigenvalue weighted by atomic mass is 9.96. The molecule has 0 bridgehead atoms. The molecular weight excluding hydrogens is 216 g/mol. The van der Waals surface area contributed by atoms with Gasteiger partial charge in [-0.3, -0.25) is 4.79 Å². The first-order valence-electron chi connectivity index (χ1n) is 5.59. The number of aliphatic carboxylic acids is 1. The van der Waals surface area contributed by atoms with Crippen LogP contribution in [0.25, 0.3) is 10.9 Å². The summed E-state index contributed by atoms with van der Waals surface area (Å²) in [5, 5.41) is 13.2. The lowest BCUT2D eigenvalue weighted by Crippen LogP contribution is -2.24. The highest BCUT2D eigenvalue weighted by Crippen LogP contribution is 2.28. The molecule has 0 aliphatic heterocycles. The van der Waals surface area contributed by atoms with E-state index in [1.54, 1.807) is 7.05 Å². The highest BCUT2D eigenvalue weighted by molar-refractivity contribution is 5.90. The maximum Gasteiger partial charge on any atom is 0.312 e. The maximum absolute atomic E-state index is 11.3. The van der Waals surface area contributed by atoms with Crippen molar-refractivity contribution in [2.45, 2.75) is 12.8 Å². The standard InChI is InChI=1S/C13H16N2O2/c1-8-12(10(7-14-2)13(16)17)9-5-3-4-6-11(9)15-8/h3-6,10,14-15H,7H2,1-2H3,(H,16,17). The molecule has 4 nitrogen and oxygen atoms in total. The molecule has 2 rings (SSSR count). The Hall–Kier alpha value is -1.81. The summed E-state index contributed by atoms with van der Waals surface area (Å²) in [6, 6.07) is 7.79. The van der Waals surface area contributed by atoms with E-state index in [-0.39, 0.29) is 0 Å². The van der Waals surface area contributed by atoms with Crippen LogP contribution in [-0.2, 0) is 4.79 Å². The second-order valence-corrected chi connectivity index (χ2v) is 4.16. The topological polar surface area (TPSA) is 65.1 Å². The zero-order chi connectivity index (χ0) is 12.4. The van der Waals surface area contributed by atoms with Gasteiger partial charge in [-0.25, -0.2) is 0 Å². The SMILES string of the molecule is CNCC(C(=O)O)c1c(C)[nH]c2ccccc12. The molecule has 0 radical (unpaired) electrons. The number of hydrogen-bond acceptors (Lipinski definition) is 2. The quantitative estimate of drug-likeness (QED) is 0.754. The van der Waals surface area contributed by atoms with Crippen molar-refractivity contribution in [1.29, 1.82) is 0 Å². The van der Waals surface area contributed by atoms with Crippen molar-refractivity contribution < 1.29 is 9.90 Å². The van der Waals surface area contributed by atoms with Gasteiger partial charge in [0.05, 0.1) is 5.92 Å². The Morgan fingerprint density at radius 1 is 1.47 bits per heavy atom. The van der Waals surface area contributed by atoms with Crippen molar-refractivity contribution in [3.05, 3.63) is 35.5 Å². The first-order chi connectivity index (χ1) is 8.15. The molecule has 4 heteroatoms. The van der Waals surface area contributed by atoms with Crippen molar-refractivity contribution in [3.63, 3.8) is 0 Å². The highest BCUT2D eigenvalue weighted by Gasteiger charge is 2.24. The van der Waals surface area contributed by atoms with Gasteiger partial charge in [0, 0.05) is 23.1 Å². The molecule has 2 aromatic rings. The van der Waals surface area contributed by atoms with E-state index in [0.29, 0.717) is 6.54 Å². The third kappa shape index (κ3) is 2.03.